The quantitative estimate of drug-likeness (QED) is 0.894. The van der Waals surface area contributed by atoms with Crippen molar-refractivity contribution in [2.75, 3.05) is 24.3 Å². The largest absolute Gasteiger partial charge is 0.364 e. The Hall–Kier alpha value is -2.24. The van der Waals surface area contributed by atoms with Crippen LogP contribution in [-0.2, 0) is 12.0 Å². The summed E-state index contributed by atoms with van der Waals surface area (Å²) in [5.41, 5.74) is 2.92. The molecule has 6 heteroatoms. The van der Waals surface area contributed by atoms with Crippen LogP contribution in [0.1, 0.15) is 63.4 Å². The molecule has 0 aliphatic rings. The first-order valence-corrected chi connectivity index (χ1v) is 8.71. The molecular weight excluding hydrogens is 312 g/mol. The van der Waals surface area contributed by atoms with Gasteiger partial charge in [0.1, 0.15) is 11.6 Å². The van der Waals surface area contributed by atoms with Gasteiger partial charge in [-0.15, -0.1) is 0 Å². The van der Waals surface area contributed by atoms with Crippen molar-refractivity contribution in [3.63, 3.8) is 0 Å². The molecule has 6 nitrogen and oxygen atoms in total. The zero-order valence-corrected chi connectivity index (χ0v) is 16.7. The summed E-state index contributed by atoms with van der Waals surface area (Å²) >= 11 is 0. The fraction of sp³-hybridized carbons (Fsp3) is 0.579. The number of hydrogen-bond donors (Lipinski definition) is 1. The van der Waals surface area contributed by atoms with Crippen molar-refractivity contribution in [3.05, 3.63) is 35.0 Å². The highest BCUT2D eigenvalue weighted by Crippen LogP contribution is 2.24. The van der Waals surface area contributed by atoms with Gasteiger partial charge in [0.15, 0.2) is 0 Å². The van der Waals surface area contributed by atoms with Gasteiger partial charge in [0.2, 0.25) is 5.95 Å². The summed E-state index contributed by atoms with van der Waals surface area (Å²) in [5.74, 6) is 2.70. The lowest BCUT2D eigenvalue weighted by molar-refractivity contribution is 0.558. The molecule has 0 fully saturated rings. The van der Waals surface area contributed by atoms with Crippen LogP contribution < -0.4 is 10.2 Å². The van der Waals surface area contributed by atoms with Gasteiger partial charge in [0, 0.05) is 37.2 Å². The van der Waals surface area contributed by atoms with Crippen LogP contribution in [-0.4, -0.2) is 34.0 Å². The monoisotopic (exact) mass is 342 g/mol. The highest BCUT2D eigenvalue weighted by molar-refractivity contribution is 5.39. The molecule has 0 saturated heterocycles. The molecule has 2 aromatic rings. The molecule has 0 unspecified atom stereocenters. The normalized spacial score (nSPS) is 11.7. The van der Waals surface area contributed by atoms with Crippen LogP contribution in [0, 0.1) is 6.92 Å². The van der Waals surface area contributed by atoms with Crippen molar-refractivity contribution < 1.29 is 0 Å². The number of anilines is 2. The van der Waals surface area contributed by atoms with E-state index < -0.39 is 0 Å². The Kier molecular flexibility index (Phi) is 5.60. The molecule has 0 atom stereocenters. The molecule has 0 amide bonds. The molecule has 0 aliphatic carbocycles. The SMILES string of the molecule is Cc1cc(CNc2cc(C(C)(C)C)nc(C(C)C)n2)nc(N(C)C)n1. The number of aryl methyl sites for hydroxylation is 1. The predicted octanol–water partition coefficient (Wildman–Crippen LogP) is 3.67. The maximum absolute atomic E-state index is 4.73. The molecule has 136 valence electrons. The van der Waals surface area contributed by atoms with Gasteiger partial charge in [-0.3, -0.25) is 0 Å². The average Bonchev–Trinajstić information content (AvgIpc) is 2.51. The van der Waals surface area contributed by atoms with E-state index in [0.717, 1.165) is 34.7 Å². The Bertz CT molecular complexity index is 731. The topological polar surface area (TPSA) is 66.8 Å². The highest BCUT2D eigenvalue weighted by Gasteiger charge is 2.19. The first-order valence-electron chi connectivity index (χ1n) is 8.71. The van der Waals surface area contributed by atoms with Crippen LogP contribution in [0.25, 0.3) is 0 Å². The smallest absolute Gasteiger partial charge is 0.225 e. The van der Waals surface area contributed by atoms with Crippen molar-refractivity contribution in [3.8, 4) is 0 Å². The Morgan fingerprint density at radius 2 is 1.72 bits per heavy atom. The number of aromatic nitrogens is 4. The molecule has 2 aromatic heterocycles. The van der Waals surface area contributed by atoms with Crippen LogP contribution >= 0.6 is 0 Å². The minimum Gasteiger partial charge on any atom is -0.364 e. The van der Waals surface area contributed by atoms with Gasteiger partial charge >= 0.3 is 0 Å². The van der Waals surface area contributed by atoms with Gasteiger partial charge < -0.3 is 10.2 Å². The van der Waals surface area contributed by atoms with E-state index in [1.54, 1.807) is 0 Å². The van der Waals surface area contributed by atoms with Crippen molar-refractivity contribution in [2.24, 2.45) is 0 Å². The summed E-state index contributed by atoms with van der Waals surface area (Å²) in [5, 5.41) is 3.40. The van der Waals surface area contributed by atoms with Crippen molar-refractivity contribution in [2.45, 2.75) is 59.4 Å². The summed E-state index contributed by atoms with van der Waals surface area (Å²) < 4.78 is 0. The van der Waals surface area contributed by atoms with Gasteiger partial charge in [-0.1, -0.05) is 34.6 Å². The maximum Gasteiger partial charge on any atom is 0.225 e. The molecule has 1 N–H and O–H groups in total. The van der Waals surface area contributed by atoms with Gasteiger partial charge in [-0.2, -0.15) is 0 Å². The first kappa shape index (κ1) is 19.1. The summed E-state index contributed by atoms with van der Waals surface area (Å²) in [7, 11) is 3.89. The summed E-state index contributed by atoms with van der Waals surface area (Å²) in [6, 6.07) is 4.03. The van der Waals surface area contributed by atoms with Gasteiger partial charge in [-0.25, -0.2) is 19.9 Å². The molecule has 0 bridgehead atoms. The van der Waals surface area contributed by atoms with E-state index in [0.29, 0.717) is 6.54 Å². The van der Waals surface area contributed by atoms with E-state index in [2.05, 4.69) is 54.9 Å². The fourth-order valence-electron chi connectivity index (χ4n) is 2.29. The van der Waals surface area contributed by atoms with E-state index in [1.165, 1.54) is 0 Å². The molecule has 25 heavy (non-hydrogen) atoms. The van der Waals surface area contributed by atoms with E-state index >= 15 is 0 Å². The lowest BCUT2D eigenvalue weighted by Crippen LogP contribution is -2.18. The molecule has 0 saturated carbocycles. The number of hydrogen-bond acceptors (Lipinski definition) is 6. The zero-order chi connectivity index (χ0) is 18.8. The number of rotatable bonds is 5. The van der Waals surface area contributed by atoms with Crippen LogP contribution in [0.15, 0.2) is 12.1 Å². The van der Waals surface area contributed by atoms with Crippen LogP contribution in [0.3, 0.4) is 0 Å². The highest BCUT2D eigenvalue weighted by atomic mass is 15.2. The van der Waals surface area contributed by atoms with Gasteiger partial charge in [-0.05, 0) is 13.0 Å². The lowest BCUT2D eigenvalue weighted by Gasteiger charge is -2.20. The summed E-state index contributed by atoms with van der Waals surface area (Å²) in [6.07, 6.45) is 0. The average molecular weight is 342 g/mol. The Morgan fingerprint density at radius 1 is 1.04 bits per heavy atom. The van der Waals surface area contributed by atoms with Crippen molar-refractivity contribution in [1.29, 1.82) is 0 Å². The molecule has 2 heterocycles. The number of nitrogens with zero attached hydrogens (tertiary/aromatic N) is 5. The summed E-state index contributed by atoms with van der Waals surface area (Å²) in [6.45, 7) is 13.3. The molecular formula is C19H30N6. The lowest BCUT2D eigenvalue weighted by atomic mass is 9.91. The van der Waals surface area contributed by atoms with Gasteiger partial charge in [0.05, 0.1) is 17.9 Å². The third-order valence-corrected chi connectivity index (χ3v) is 3.77. The summed E-state index contributed by atoms with van der Waals surface area (Å²) in [4.78, 5) is 20.3. The van der Waals surface area contributed by atoms with E-state index in [4.69, 9.17) is 4.98 Å². The molecule has 0 aromatic carbocycles. The Balaban J connectivity index is 2.27. The van der Waals surface area contributed by atoms with E-state index in [-0.39, 0.29) is 11.3 Å². The van der Waals surface area contributed by atoms with Crippen LogP contribution in [0.2, 0.25) is 0 Å². The van der Waals surface area contributed by atoms with Crippen LogP contribution in [0.5, 0.6) is 0 Å². The fourth-order valence-corrected chi connectivity index (χ4v) is 2.29. The third kappa shape index (κ3) is 5.11. The van der Waals surface area contributed by atoms with E-state index in [1.807, 2.05) is 38.1 Å². The number of nitrogens with one attached hydrogen (secondary N) is 1. The van der Waals surface area contributed by atoms with Gasteiger partial charge in [0.25, 0.3) is 0 Å². The first-order chi connectivity index (χ1) is 11.6. The molecule has 0 radical (unpaired) electrons. The van der Waals surface area contributed by atoms with Crippen molar-refractivity contribution in [1.82, 2.24) is 19.9 Å². The maximum atomic E-state index is 4.73. The minimum atomic E-state index is -0.0212. The molecule has 0 aliphatic heterocycles. The minimum absolute atomic E-state index is 0.0212. The third-order valence-electron chi connectivity index (χ3n) is 3.77. The zero-order valence-electron chi connectivity index (χ0n) is 16.7. The second-order valence-corrected chi connectivity index (χ2v) is 7.95. The van der Waals surface area contributed by atoms with Crippen molar-refractivity contribution >= 4 is 11.8 Å². The Morgan fingerprint density at radius 3 is 2.28 bits per heavy atom. The standard InChI is InChI=1S/C19H30N6/c1-12(2)17-23-15(19(4,5)6)10-16(24-17)20-11-14-9-13(3)21-18(22-14)25(7)8/h9-10,12H,11H2,1-8H3,(H,20,23,24). The molecule has 2 rings (SSSR count). The second-order valence-electron chi connectivity index (χ2n) is 7.95. The van der Waals surface area contributed by atoms with Crippen LogP contribution in [0.4, 0.5) is 11.8 Å². The Labute approximate surface area is 151 Å². The molecule has 0 spiro atoms. The van der Waals surface area contributed by atoms with E-state index in [9.17, 15) is 0 Å². The predicted molar refractivity (Wildman–Crippen MR) is 103 cm³/mol. The second kappa shape index (κ2) is 7.33.